The summed E-state index contributed by atoms with van der Waals surface area (Å²) in [5.41, 5.74) is 0.209. The van der Waals surface area contributed by atoms with E-state index in [9.17, 15) is 19.2 Å². The Morgan fingerprint density at radius 3 is 2.42 bits per heavy atom. The van der Waals surface area contributed by atoms with E-state index in [1.165, 1.54) is 18.4 Å². The zero-order valence-electron chi connectivity index (χ0n) is 27.7. The van der Waals surface area contributed by atoms with Crippen LogP contribution < -0.4 is 5.32 Å². The summed E-state index contributed by atoms with van der Waals surface area (Å²) in [6.07, 6.45) is 5.28. The van der Waals surface area contributed by atoms with Gasteiger partial charge in [0, 0.05) is 44.3 Å². The van der Waals surface area contributed by atoms with Gasteiger partial charge >= 0.3 is 5.97 Å². The van der Waals surface area contributed by atoms with Gasteiger partial charge in [-0.05, 0) is 44.7 Å². The van der Waals surface area contributed by atoms with Gasteiger partial charge in [0.1, 0.15) is 22.8 Å². The number of likely N-dealkylation sites (tertiary alicyclic amines) is 1. The quantitative estimate of drug-likeness (QED) is 0.244. The van der Waals surface area contributed by atoms with Crippen molar-refractivity contribution in [3.05, 3.63) is 16.1 Å². The van der Waals surface area contributed by atoms with E-state index in [1.54, 1.807) is 17.4 Å². The fraction of sp³-hybridized carbons (Fsp3) is 0.781. The number of Topliss-reactive ketones (excluding diaryl/α,β-unsaturated/α-hetero) is 1. The van der Waals surface area contributed by atoms with E-state index in [2.05, 4.69) is 42.9 Å². The Kier molecular flexibility index (Phi) is 15.2. The lowest BCUT2D eigenvalue weighted by Gasteiger charge is -2.37. The zero-order chi connectivity index (χ0) is 32.3. The minimum Gasteiger partial charge on any atom is -0.467 e. The van der Waals surface area contributed by atoms with E-state index in [0.29, 0.717) is 24.3 Å². The van der Waals surface area contributed by atoms with E-state index in [-0.39, 0.29) is 53.6 Å². The molecular weight excluding hydrogens is 568 g/mol. The first-order valence-electron chi connectivity index (χ1n) is 15.8. The molecule has 1 aromatic rings. The molecule has 43 heavy (non-hydrogen) atoms. The second-order valence-electron chi connectivity index (χ2n) is 12.3. The molecule has 1 aliphatic heterocycles. The number of rotatable bonds is 17. The maximum atomic E-state index is 14.0. The van der Waals surface area contributed by atoms with Crippen LogP contribution in [0.4, 0.5) is 0 Å². The second kappa shape index (κ2) is 17.8. The van der Waals surface area contributed by atoms with Crippen molar-refractivity contribution < 1.29 is 28.7 Å². The highest BCUT2D eigenvalue weighted by molar-refractivity contribution is 7.09. The number of hydrogen-bond donors (Lipinski definition) is 1. The van der Waals surface area contributed by atoms with Gasteiger partial charge in [-0.2, -0.15) is 0 Å². The van der Waals surface area contributed by atoms with Crippen LogP contribution in [0.2, 0.25) is 0 Å². The topological polar surface area (TPSA) is 118 Å². The summed E-state index contributed by atoms with van der Waals surface area (Å²) in [4.78, 5) is 60.9. The first-order valence-corrected chi connectivity index (χ1v) is 16.6. The van der Waals surface area contributed by atoms with Gasteiger partial charge in [0.2, 0.25) is 5.91 Å². The van der Waals surface area contributed by atoms with Crippen LogP contribution >= 0.6 is 11.3 Å². The predicted octanol–water partition coefficient (Wildman–Crippen LogP) is 4.88. The monoisotopic (exact) mass is 622 g/mol. The van der Waals surface area contributed by atoms with E-state index < -0.39 is 24.0 Å². The number of methoxy groups -OCH3 is 2. The number of amides is 2. The fourth-order valence-electron chi connectivity index (χ4n) is 5.92. The SMILES string of the molecule is CCCC(NC(=O)c1csc([C@@H](C[C@H](C(C)C)N(C)C(=O)[C@@H](CC(=O)[C@H]2CCCCN2C)[C@@H](C)CC)OC)n1)C(=O)OC. The number of ether oxygens (including phenoxy) is 2. The molecule has 1 unspecified atom stereocenters. The number of carbonyl (C=O) groups excluding carboxylic acids is 4. The van der Waals surface area contributed by atoms with Crippen molar-refractivity contribution in [3.63, 3.8) is 0 Å². The number of hydrogen-bond acceptors (Lipinski definition) is 9. The number of esters is 1. The van der Waals surface area contributed by atoms with Gasteiger partial charge in [-0.15, -0.1) is 11.3 Å². The molecule has 1 aromatic heterocycles. The lowest BCUT2D eigenvalue weighted by molar-refractivity contribution is -0.143. The Bertz CT molecular complexity index is 1060. The normalized spacial score (nSPS) is 19.3. The van der Waals surface area contributed by atoms with Crippen LogP contribution in [0, 0.1) is 17.8 Å². The lowest BCUT2D eigenvalue weighted by Crippen LogP contribution is -2.48. The average molecular weight is 623 g/mol. The number of nitrogens with one attached hydrogen (secondary N) is 1. The standard InChI is InChI=1S/C32H54N4O6S/c1-10-14-23(32(40)42-9)33-29(38)24-19-43-30(34-24)28(41-8)18-26(20(3)4)36(7)31(39)22(21(5)11-2)17-27(37)25-15-12-13-16-35(25)6/h19-23,25-26,28H,10-18H2,1-9H3,(H,33,38)/t21-,22-,23?,25+,26+,28+/m0/s1. The summed E-state index contributed by atoms with van der Waals surface area (Å²) in [6, 6.07) is -1.02. The number of piperidine rings is 1. The van der Waals surface area contributed by atoms with Gasteiger partial charge < -0.3 is 19.7 Å². The molecule has 0 aliphatic carbocycles. The number of thiazole rings is 1. The Labute approximate surface area is 262 Å². The third-order valence-corrected chi connectivity index (χ3v) is 9.90. The highest BCUT2D eigenvalue weighted by atomic mass is 32.1. The summed E-state index contributed by atoms with van der Waals surface area (Å²) in [7, 11) is 6.73. The predicted molar refractivity (Wildman–Crippen MR) is 169 cm³/mol. The molecule has 1 fully saturated rings. The van der Waals surface area contributed by atoms with Crippen molar-refractivity contribution in [2.75, 3.05) is 34.9 Å². The van der Waals surface area contributed by atoms with Crippen molar-refractivity contribution >= 4 is 34.9 Å². The average Bonchev–Trinajstić information content (AvgIpc) is 3.49. The molecule has 2 amide bonds. The number of carbonyl (C=O) groups is 4. The number of aromatic nitrogens is 1. The van der Waals surface area contributed by atoms with E-state index >= 15 is 0 Å². The summed E-state index contributed by atoms with van der Waals surface area (Å²) in [6.45, 7) is 11.1. The van der Waals surface area contributed by atoms with E-state index in [0.717, 1.165) is 32.2 Å². The first kappa shape index (κ1) is 36.8. The van der Waals surface area contributed by atoms with Gasteiger partial charge in [-0.25, -0.2) is 9.78 Å². The lowest BCUT2D eigenvalue weighted by atomic mass is 9.83. The smallest absolute Gasteiger partial charge is 0.328 e. The highest BCUT2D eigenvalue weighted by Gasteiger charge is 2.37. The third-order valence-electron chi connectivity index (χ3n) is 8.96. The molecule has 2 rings (SSSR count). The Hall–Kier alpha value is -2.37. The molecule has 0 radical (unpaired) electrons. The molecule has 1 aliphatic rings. The van der Waals surface area contributed by atoms with Crippen molar-refractivity contribution in [1.82, 2.24) is 20.1 Å². The zero-order valence-corrected chi connectivity index (χ0v) is 28.5. The maximum Gasteiger partial charge on any atom is 0.328 e. The molecule has 11 heteroatoms. The molecular formula is C32H54N4O6S. The molecule has 10 nitrogen and oxygen atoms in total. The van der Waals surface area contributed by atoms with Crippen LogP contribution in [0.3, 0.4) is 0 Å². The van der Waals surface area contributed by atoms with Crippen molar-refractivity contribution in [2.45, 2.75) is 110 Å². The molecule has 0 aromatic carbocycles. The molecule has 244 valence electrons. The van der Waals surface area contributed by atoms with Crippen LogP contribution in [0.5, 0.6) is 0 Å². The van der Waals surface area contributed by atoms with Crippen LogP contribution in [0.1, 0.15) is 108 Å². The van der Waals surface area contributed by atoms with Crippen LogP contribution in [0.15, 0.2) is 5.38 Å². The molecule has 6 atom stereocenters. The third kappa shape index (κ3) is 10.1. The van der Waals surface area contributed by atoms with Crippen molar-refractivity contribution in [1.29, 1.82) is 0 Å². The Morgan fingerprint density at radius 1 is 1.16 bits per heavy atom. The molecule has 0 spiro atoms. The number of likely N-dealkylation sites (N-methyl/N-ethyl adjacent to an activating group) is 1. The minimum atomic E-state index is -0.736. The fourth-order valence-corrected chi connectivity index (χ4v) is 6.81. The largest absolute Gasteiger partial charge is 0.467 e. The van der Waals surface area contributed by atoms with Gasteiger partial charge in [-0.1, -0.05) is 53.9 Å². The maximum absolute atomic E-state index is 14.0. The molecule has 0 bridgehead atoms. The van der Waals surface area contributed by atoms with Crippen molar-refractivity contribution in [3.8, 4) is 0 Å². The molecule has 1 N–H and O–H groups in total. The highest BCUT2D eigenvalue weighted by Crippen LogP contribution is 2.32. The minimum absolute atomic E-state index is 0.0151. The Morgan fingerprint density at radius 2 is 1.86 bits per heavy atom. The Balaban J connectivity index is 2.20. The van der Waals surface area contributed by atoms with Crippen LogP contribution in [0.25, 0.3) is 0 Å². The van der Waals surface area contributed by atoms with Gasteiger partial charge in [0.05, 0.1) is 13.2 Å². The van der Waals surface area contributed by atoms with Crippen molar-refractivity contribution in [2.24, 2.45) is 17.8 Å². The van der Waals surface area contributed by atoms with Gasteiger partial charge in [0.15, 0.2) is 5.78 Å². The van der Waals surface area contributed by atoms with E-state index in [4.69, 9.17) is 9.47 Å². The molecule has 0 saturated carbocycles. The summed E-state index contributed by atoms with van der Waals surface area (Å²) in [5, 5.41) is 5.00. The van der Waals surface area contributed by atoms with Gasteiger partial charge in [-0.3, -0.25) is 19.3 Å². The van der Waals surface area contributed by atoms with Crippen LogP contribution in [-0.4, -0.2) is 91.3 Å². The first-order chi connectivity index (χ1) is 20.4. The number of ketones is 1. The summed E-state index contributed by atoms with van der Waals surface area (Å²) < 4.78 is 10.7. The van der Waals surface area contributed by atoms with E-state index in [1.807, 2.05) is 21.0 Å². The second-order valence-corrected chi connectivity index (χ2v) is 13.2. The molecule has 1 saturated heterocycles. The van der Waals surface area contributed by atoms with Gasteiger partial charge in [0.25, 0.3) is 5.91 Å². The summed E-state index contributed by atoms with van der Waals surface area (Å²) in [5.74, 6) is -0.996. The summed E-state index contributed by atoms with van der Waals surface area (Å²) >= 11 is 1.31. The molecule has 2 heterocycles. The number of nitrogens with zero attached hydrogens (tertiary/aromatic N) is 3. The van der Waals surface area contributed by atoms with Crippen LogP contribution in [-0.2, 0) is 23.9 Å².